The predicted octanol–water partition coefficient (Wildman–Crippen LogP) is 1.05. The molecule has 1 heterocycles. The third-order valence-electron chi connectivity index (χ3n) is 2.67. The van der Waals surface area contributed by atoms with Crippen LogP contribution in [0.1, 0.15) is 32.6 Å². The zero-order valence-electron chi connectivity index (χ0n) is 8.88. The fourth-order valence-electron chi connectivity index (χ4n) is 1.81. The fraction of sp³-hybridized carbons (Fsp3) is 0.818. The molecular weight excluding hydrogens is 176 g/mol. The minimum Gasteiger partial charge on any atom is -0.381 e. The van der Waals surface area contributed by atoms with Crippen molar-refractivity contribution in [1.82, 2.24) is 5.43 Å². The van der Waals surface area contributed by atoms with E-state index < -0.39 is 0 Å². The predicted molar refractivity (Wildman–Crippen MR) is 57.3 cm³/mol. The largest absolute Gasteiger partial charge is 0.381 e. The van der Waals surface area contributed by atoms with Gasteiger partial charge in [-0.1, -0.05) is 0 Å². The van der Waals surface area contributed by atoms with Crippen molar-refractivity contribution in [3.05, 3.63) is 0 Å². The van der Waals surface area contributed by atoms with Crippen molar-refractivity contribution in [3.63, 3.8) is 0 Å². The Bertz CT molecular complexity index is 201. The van der Waals surface area contributed by atoms with Crippen molar-refractivity contribution in [2.75, 3.05) is 13.2 Å². The molecule has 0 bridgehead atoms. The lowest BCUT2D eigenvalue weighted by Gasteiger charge is -2.17. The molecule has 0 aromatic carbocycles. The third kappa shape index (κ3) is 4.10. The first-order chi connectivity index (χ1) is 6.86. The van der Waals surface area contributed by atoms with Gasteiger partial charge in [0.05, 0.1) is 0 Å². The summed E-state index contributed by atoms with van der Waals surface area (Å²) in [4.78, 5) is 0. The van der Waals surface area contributed by atoms with Crippen molar-refractivity contribution < 1.29 is 4.74 Å². The fourth-order valence-corrected chi connectivity index (χ4v) is 1.81. The summed E-state index contributed by atoms with van der Waals surface area (Å²) in [6, 6.07) is 0.391. The van der Waals surface area contributed by atoms with Crippen LogP contribution < -0.4 is 11.3 Å². The van der Waals surface area contributed by atoms with Crippen LogP contribution in [0.4, 0.5) is 0 Å². The van der Waals surface area contributed by atoms with Gasteiger partial charge in [-0.2, -0.15) is 0 Å². The molecule has 2 unspecified atom stereocenters. The van der Waals surface area contributed by atoms with E-state index in [9.17, 15) is 0 Å². The Morgan fingerprint density at radius 1 is 1.64 bits per heavy atom. The Morgan fingerprint density at radius 3 is 3.07 bits per heavy atom. The van der Waals surface area contributed by atoms with Crippen LogP contribution in [0, 0.1) is 17.8 Å². The van der Waals surface area contributed by atoms with Crippen molar-refractivity contribution in [3.8, 4) is 11.8 Å². The molecule has 0 aromatic rings. The van der Waals surface area contributed by atoms with E-state index in [1.807, 2.05) is 6.92 Å². The van der Waals surface area contributed by atoms with Crippen LogP contribution in [0.15, 0.2) is 0 Å². The Kier molecular flexibility index (Phi) is 5.62. The summed E-state index contributed by atoms with van der Waals surface area (Å²) in [7, 11) is 0. The molecule has 0 radical (unpaired) electrons. The average molecular weight is 196 g/mol. The molecule has 0 saturated carbocycles. The minimum absolute atomic E-state index is 0.391. The van der Waals surface area contributed by atoms with Gasteiger partial charge in [-0.15, -0.1) is 11.8 Å². The molecule has 1 aliphatic rings. The van der Waals surface area contributed by atoms with Crippen LogP contribution in [0.2, 0.25) is 0 Å². The Morgan fingerprint density at radius 2 is 2.50 bits per heavy atom. The van der Waals surface area contributed by atoms with Crippen molar-refractivity contribution in [2.24, 2.45) is 11.8 Å². The van der Waals surface area contributed by atoms with E-state index in [1.165, 1.54) is 6.42 Å². The van der Waals surface area contributed by atoms with E-state index in [4.69, 9.17) is 10.6 Å². The van der Waals surface area contributed by atoms with Crippen molar-refractivity contribution in [1.29, 1.82) is 0 Å². The first-order valence-electron chi connectivity index (χ1n) is 5.30. The molecule has 0 aliphatic carbocycles. The molecule has 0 aromatic heterocycles. The first kappa shape index (κ1) is 11.5. The number of nitrogens with one attached hydrogen (secondary N) is 1. The summed E-state index contributed by atoms with van der Waals surface area (Å²) in [5, 5.41) is 0. The van der Waals surface area contributed by atoms with E-state index in [2.05, 4.69) is 17.3 Å². The van der Waals surface area contributed by atoms with Crippen molar-refractivity contribution >= 4 is 0 Å². The first-order valence-corrected chi connectivity index (χ1v) is 5.30. The standard InChI is InChI=1S/C11H20N2O/c1-2-3-4-5-11(13-12)8-10-6-7-14-9-10/h10-11,13H,4-9,12H2,1H3. The monoisotopic (exact) mass is 196 g/mol. The second kappa shape index (κ2) is 6.83. The number of hydrogen-bond donors (Lipinski definition) is 2. The van der Waals surface area contributed by atoms with E-state index in [1.54, 1.807) is 0 Å². The van der Waals surface area contributed by atoms with Gasteiger partial charge in [0.2, 0.25) is 0 Å². The number of ether oxygens (including phenoxy) is 1. The number of rotatable bonds is 5. The Labute approximate surface area is 86.4 Å². The van der Waals surface area contributed by atoms with Crippen LogP contribution in [0.25, 0.3) is 0 Å². The van der Waals surface area contributed by atoms with Gasteiger partial charge >= 0.3 is 0 Å². The second-order valence-electron chi connectivity index (χ2n) is 3.79. The highest BCUT2D eigenvalue weighted by molar-refractivity contribution is 4.95. The highest BCUT2D eigenvalue weighted by atomic mass is 16.5. The zero-order valence-corrected chi connectivity index (χ0v) is 8.88. The van der Waals surface area contributed by atoms with Crippen molar-refractivity contribution in [2.45, 2.75) is 38.6 Å². The summed E-state index contributed by atoms with van der Waals surface area (Å²) in [5.41, 5.74) is 2.86. The minimum atomic E-state index is 0.391. The molecule has 3 nitrogen and oxygen atoms in total. The van der Waals surface area contributed by atoms with Crippen LogP contribution >= 0.6 is 0 Å². The molecule has 1 rings (SSSR count). The summed E-state index contributed by atoms with van der Waals surface area (Å²) < 4.78 is 5.33. The quantitative estimate of drug-likeness (QED) is 0.392. The third-order valence-corrected chi connectivity index (χ3v) is 2.67. The topological polar surface area (TPSA) is 47.3 Å². The van der Waals surface area contributed by atoms with E-state index in [0.717, 1.165) is 32.5 Å². The SMILES string of the molecule is CC#CCCC(CC1CCOC1)NN. The molecule has 80 valence electrons. The molecule has 0 amide bonds. The smallest absolute Gasteiger partial charge is 0.0495 e. The van der Waals surface area contributed by atoms with Gasteiger partial charge < -0.3 is 4.74 Å². The lowest BCUT2D eigenvalue weighted by molar-refractivity contribution is 0.181. The maximum atomic E-state index is 5.49. The normalized spacial score (nSPS) is 22.9. The highest BCUT2D eigenvalue weighted by Crippen LogP contribution is 2.19. The molecule has 0 spiro atoms. The number of nitrogens with two attached hydrogens (primary N) is 1. The van der Waals surface area contributed by atoms with Gasteiger partial charge in [-0.05, 0) is 32.1 Å². The van der Waals surface area contributed by atoms with E-state index in [0.29, 0.717) is 12.0 Å². The summed E-state index contributed by atoms with van der Waals surface area (Å²) in [6.07, 6.45) is 4.26. The van der Waals surface area contributed by atoms with Crippen LogP contribution in [0.3, 0.4) is 0 Å². The van der Waals surface area contributed by atoms with E-state index >= 15 is 0 Å². The molecule has 3 heteroatoms. The van der Waals surface area contributed by atoms with Crippen LogP contribution in [-0.4, -0.2) is 19.3 Å². The van der Waals surface area contributed by atoms with Gasteiger partial charge in [-0.3, -0.25) is 11.3 Å². The molecule has 1 fully saturated rings. The number of hydrogen-bond acceptors (Lipinski definition) is 3. The number of hydrazine groups is 1. The van der Waals surface area contributed by atoms with Gasteiger partial charge in [0.15, 0.2) is 0 Å². The average Bonchev–Trinajstić information content (AvgIpc) is 2.69. The maximum absolute atomic E-state index is 5.49. The lowest BCUT2D eigenvalue weighted by atomic mass is 9.97. The van der Waals surface area contributed by atoms with Crippen LogP contribution in [0.5, 0.6) is 0 Å². The Balaban J connectivity index is 2.18. The van der Waals surface area contributed by atoms with Gasteiger partial charge in [0.1, 0.15) is 0 Å². The summed E-state index contributed by atoms with van der Waals surface area (Å²) in [6.45, 7) is 3.68. The second-order valence-corrected chi connectivity index (χ2v) is 3.79. The summed E-state index contributed by atoms with van der Waals surface area (Å²) >= 11 is 0. The zero-order chi connectivity index (χ0) is 10.2. The Hall–Kier alpha value is -0.560. The van der Waals surface area contributed by atoms with Gasteiger partial charge in [-0.25, -0.2) is 0 Å². The molecule has 1 saturated heterocycles. The van der Waals surface area contributed by atoms with Gasteiger partial charge in [0.25, 0.3) is 0 Å². The molecule has 3 N–H and O–H groups in total. The molecule has 14 heavy (non-hydrogen) atoms. The van der Waals surface area contributed by atoms with Gasteiger partial charge in [0, 0.05) is 25.7 Å². The maximum Gasteiger partial charge on any atom is 0.0495 e. The molecular formula is C11H20N2O. The summed E-state index contributed by atoms with van der Waals surface area (Å²) in [5.74, 6) is 12.1. The highest BCUT2D eigenvalue weighted by Gasteiger charge is 2.19. The van der Waals surface area contributed by atoms with E-state index in [-0.39, 0.29) is 0 Å². The lowest BCUT2D eigenvalue weighted by Crippen LogP contribution is -2.36. The molecule has 1 aliphatic heterocycles. The van der Waals surface area contributed by atoms with Crippen LogP contribution in [-0.2, 0) is 4.74 Å². The molecule has 2 atom stereocenters.